The van der Waals surface area contributed by atoms with Crippen molar-refractivity contribution >= 4 is 40.1 Å². The van der Waals surface area contributed by atoms with E-state index in [-0.39, 0.29) is 24.7 Å². The normalized spacial score (nSPS) is 13.6. The van der Waals surface area contributed by atoms with Crippen LogP contribution in [-0.4, -0.2) is 47.0 Å². The van der Waals surface area contributed by atoms with Crippen LogP contribution in [0.1, 0.15) is 24.0 Å². The number of aryl methyl sites for hydroxylation is 1. The lowest BCUT2D eigenvalue weighted by molar-refractivity contribution is -0.140. The third-order valence-electron chi connectivity index (χ3n) is 7.02. The molecular weight excluding hydrogens is 531 g/mol. The number of carboxylic acids is 1. The molecule has 2 aromatic carbocycles. The number of benzene rings is 2. The molecule has 0 aliphatic carbocycles. The van der Waals surface area contributed by atoms with E-state index in [0.717, 1.165) is 22.3 Å². The van der Waals surface area contributed by atoms with Crippen molar-refractivity contribution in [1.29, 1.82) is 0 Å². The van der Waals surface area contributed by atoms with Gasteiger partial charge in [-0.3, -0.25) is 24.2 Å². The van der Waals surface area contributed by atoms with Gasteiger partial charge in [-0.2, -0.15) is 0 Å². The molecule has 2 aromatic heterocycles. The Labute approximate surface area is 234 Å². The molecule has 2 amide bonds. The van der Waals surface area contributed by atoms with Crippen LogP contribution in [0.4, 0.5) is 15.3 Å². The number of carboxylic acid groups (broad SMARTS) is 1. The van der Waals surface area contributed by atoms with Crippen LogP contribution >= 0.6 is 11.3 Å². The van der Waals surface area contributed by atoms with Crippen molar-refractivity contribution in [3.05, 3.63) is 83.1 Å². The van der Waals surface area contributed by atoms with E-state index in [9.17, 15) is 23.9 Å². The molecule has 1 aliphatic rings. The van der Waals surface area contributed by atoms with Crippen molar-refractivity contribution in [3.63, 3.8) is 0 Å². The lowest BCUT2D eigenvalue weighted by Gasteiger charge is -2.25. The molecule has 1 N–H and O–H groups in total. The molecule has 0 radical (unpaired) electrons. The van der Waals surface area contributed by atoms with E-state index in [4.69, 9.17) is 0 Å². The Bertz CT molecular complexity index is 1590. The summed E-state index contributed by atoms with van der Waals surface area (Å²) in [6.45, 7) is 0. The molecule has 0 fully saturated rings. The van der Waals surface area contributed by atoms with Crippen LogP contribution in [-0.2, 0) is 27.2 Å². The molecule has 5 rings (SSSR count). The van der Waals surface area contributed by atoms with Crippen LogP contribution in [0, 0.1) is 11.7 Å². The summed E-state index contributed by atoms with van der Waals surface area (Å²) in [6.07, 6.45) is 2.61. The molecule has 8 nitrogen and oxygen atoms in total. The summed E-state index contributed by atoms with van der Waals surface area (Å²) in [6, 6.07) is 15.7. The molecule has 3 heterocycles. The number of nitrogens with zero attached hydrogens (tertiary/aromatic N) is 4. The number of hydrogen-bond acceptors (Lipinski definition) is 6. The first-order valence-electron chi connectivity index (χ1n) is 12.8. The summed E-state index contributed by atoms with van der Waals surface area (Å²) in [5.41, 5.74) is 4.31. The summed E-state index contributed by atoms with van der Waals surface area (Å²) in [5.74, 6) is -1.98. The highest BCUT2D eigenvalue weighted by atomic mass is 32.1. The molecule has 0 bridgehead atoms. The molecular formula is C30H27FN4O4S. The van der Waals surface area contributed by atoms with Crippen molar-refractivity contribution in [2.24, 2.45) is 5.92 Å². The van der Waals surface area contributed by atoms with Crippen molar-refractivity contribution in [2.45, 2.75) is 25.7 Å². The largest absolute Gasteiger partial charge is 0.481 e. The average Bonchev–Trinajstić information content (AvgIpc) is 3.44. The number of halogens is 1. The number of carbonyl (C=O) groups is 3. The number of amides is 2. The third-order valence-corrected chi connectivity index (χ3v) is 7.93. The molecule has 40 heavy (non-hydrogen) atoms. The van der Waals surface area contributed by atoms with Crippen LogP contribution in [0.15, 0.2) is 66.2 Å². The molecule has 0 spiro atoms. The summed E-state index contributed by atoms with van der Waals surface area (Å²) < 4.78 is 14.4. The topological polar surface area (TPSA) is 104 Å². The Hall–Kier alpha value is -4.44. The van der Waals surface area contributed by atoms with Gasteiger partial charge in [-0.1, -0.05) is 36.4 Å². The summed E-state index contributed by atoms with van der Waals surface area (Å²) >= 11 is 1.22. The van der Waals surface area contributed by atoms with E-state index < -0.39 is 17.7 Å². The number of fused-ring (bicyclic) bond motifs is 1. The van der Waals surface area contributed by atoms with Crippen LogP contribution in [0.2, 0.25) is 0 Å². The van der Waals surface area contributed by atoms with Crippen molar-refractivity contribution < 1.29 is 23.9 Å². The van der Waals surface area contributed by atoms with Gasteiger partial charge in [0.05, 0.1) is 18.0 Å². The second kappa shape index (κ2) is 11.4. The first-order valence-corrected chi connectivity index (χ1v) is 13.6. The zero-order valence-electron chi connectivity index (χ0n) is 22.0. The molecule has 1 unspecified atom stereocenters. The predicted molar refractivity (Wildman–Crippen MR) is 152 cm³/mol. The summed E-state index contributed by atoms with van der Waals surface area (Å²) in [4.78, 5) is 49.1. The fourth-order valence-electron chi connectivity index (χ4n) is 4.91. The van der Waals surface area contributed by atoms with E-state index in [1.807, 2.05) is 36.4 Å². The lowest BCUT2D eigenvalue weighted by atomic mass is 9.95. The van der Waals surface area contributed by atoms with Crippen LogP contribution in [0.25, 0.3) is 22.4 Å². The van der Waals surface area contributed by atoms with Gasteiger partial charge in [-0.05, 0) is 47.7 Å². The number of thiazole rings is 1. The quantitative estimate of drug-likeness (QED) is 0.318. The zero-order chi connectivity index (χ0) is 28.4. The molecule has 4 aromatic rings. The number of aliphatic carboxylic acids is 1. The maximum Gasteiger partial charge on any atom is 0.304 e. The summed E-state index contributed by atoms with van der Waals surface area (Å²) in [7, 11) is 3.27. The number of rotatable bonds is 8. The first-order chi connectivity index (χ1) is 19.2. The highest BCUT2D eigenvalue weighted by Gasteiger charge is 2.28. The number of pyridine rings is 1. The minimum atomic E-state index is -1.05. The van der Waals surface area contributed by atoms with Gasteiger partial charge >= 0.3 is 5.97 Å². The summed E-state index contributed by atoms with van der Waals surface area (Å²) in [5, 5.41) is 11.6. The fourth-order valence-corrected chi connectivity index (χ4v) is 5.71. The second-order valence-corrected chi connectivity index (χ2v) is 10.6. The van der Waals surface area contributed by atoms with E-state index in [1.165, 1.54) is 28.4 Å². The van der Waals surface area contributed by atoms with E-state index in [2.05, 4.69) is 9.97 Å². The van der Waals surface area contributed by atoms with E-state index >= 15 is 0 Å². The number of aromatic nitrogens is 2. The van der Waals surface area contributed by atoms with Gasteiger partial charge in [0, 0.05) is 43.2 Å². The minimum Gasteiger partial charge on any atom is -0.481 e. The first kappa shape index (κ1) is 27.1. The van der Waals surface area contributed by atoms with Gasteiger partial charge < -0.3 is 5.11 Å². The van der Waals surface area contributed by atoms with Gasteiger partial charge in [0.2, 0.25) is 11.8 Å². The SMILES string of the molecule is CN(C(=O)C(CC(=O)O)Cc1ccccc1)c1nc(-c2cc(F)ccc2-c2cnc3c(c2)CCC(=O)N3C)cs1. The maximum absolute atomic E-state index is 14.4. The zero-order valence-corrected chi connectivity index (χ0v) is 22.8. The van der Waals surface area contributed by atoms with Crippen LogP contribution < -0.4 is 9.80 Å². The standard InChI is InChI=1S/C30H27FN4O4S/c1-34-26(36)11-8-19-13-21(16-32-28(19)34)23-10-9-22(31)15-24(23)25-17-40-30(33-25)35(2)29(39)20(14-27(37)38)12-18-6-4-3-5-7-18/h3-7,9-10,13,15-17,20H,8,11-12,14H2,1-2H3,(H,37,38). The van der Waals surface area contributed by atoms with Gasteiger partial charge in [0.25, 0.3) is 0 Å². The van der Waals surface area contributed by atoms with E-state index in [0.29, 0.717) is 35.0 Å². The van der Waals surface area contributed by atoms with Crippen molar-refractivity contribution in [1.82, 2.24) is 9.97 Å². The number of carbonyl (C=O) groups excluding carboxylic acids is 2. The van der Waals surface area contributed by atoms with Crippen LogP contribution in [0.5, 0.6) is 0 Å². The van der Waals surface area contributed by atoms with Gasteiger partial charge in [-0.25, -0.2) is 14.4 Å². The third kappa shape index (κ3) is 5.62. The Morgan fingerprint density at radius 1 is 1.12 bits per heavy atom. The molecule has 10 heteroatoms. The Balaban J connectivity index is 1.44. The Morgan fingerprint density at radius 2 is 1.90 bits per heavy atom. The molecule has 204 valence electrons. The highest BCUT2D eigenvalue weighted by Crippen LogP contribution is 2.37. The number of hydrogen-bond donors (Lipinski definition) is 1. The second-order valence-electron chi connectivity index (χ2n) is 9.75. The Kier molecular flexibility index (Phi) is 7.70. The molecule has 1 atom stereocenters. The maximum atomic E-state index is 14.4. The molecule has 0 saturated carbocycles. The minimum absolute atomic E-state index is 0.0123. The van der Waals surface area contributed by atoms with E-state index in [1.54, 1.807) is 36.6 Å². The van der Waals surface area contributed by atoms with Gasteiger partial charge in [0.15, 0.2) is 5.13 Å². The van der Waals surface area contributed by atoms with Crippen molar-refractivity contribution in [2.75, 3.05) is 23.9 Å². The smallest absolute Gasteiger partial charge is 0.304 e. The predicted octanol–water partition coefficient (Wildman–Crippen LogP) is 5.22. The molecule has 1 aliphatic heterocycles. The number of anilines is 2. The van der Waals surface area contributed by atoms with Crippen molar-refractivity contribution in [3.8, 4) is 22.4 Å². The fraction of sp³-hybridized carbons (Fsp3) is 0.233. The van der Waals surface area contributed by atoms with Gasteiger partial charge in [0.1, 0.15) is 11.6 Å². The average molecular weight is 559 g/mol. The Morgan fingerprint density at radius 3 is 2.65 bits per heavy atom. The highest BCUT2D eigenvalue weighted by molar-refractivity contribution is 7.14. The monoisotopic (exact) mass is 558 g/mol. The van der Waals surface area contributed by atoms with Crippen LogP contribution in [0.3, 0.4) is 0 Å². The molecule has 0 saturated heterocycles. The lowest BCUT2D eigenvalue weighted by Crippen LogP contribution is -2.35. The van der Waals surface area contributed by atoms with Gasteiger partial charge in [-0.15, -0.1) is 11.3 Å².